The third-order valence-corrected chi connectivity index (χ3v) is 3.24. The molecule has 108 valence electrons. The van der Waals surface area contributed by atoms with E-state index in [0.29, 0.717) is 6.54 Å². The van der Waals surface area contributed by atoms with Gasteiger partial charge in [-0.2, -0.15) is 5.10 Å². The molecule has 1 saturated heterocycles. The predicted octanol–water partition coefficient (Wildman–Crippen LogP) is 2.50. The topological polar surface area (TPSA) is 60.2 Å². The van der Waals surface area contributed by atoms with Crippen molar-refractivity contribution in [1.29, 1.82) is 0 Å². The number of halogens is 1. The van der Waals surface area contributed by atoms with E-state index in [1.54, 1.807) is 10.9 Å². The summed E-state index contributed by atoms with van der Waals surface area (Å²) in [6.45, 7) is 2.60. The van der Waals surface area contributed by atoms with Crippen LogP contribution < -0.4 is 0 Å². The van der Waals surface area contributed by atoms with Gasteiger partial charge in [-0.1, -0.05) is 6.07 Å². The van der Waals surface area contributed by atoms with Crippen molar-refractivity contribution in [2.75, 3.05) is 19.8 Å². The lowest BCUT2D eigenvalue weighted by atomic mass is 10.2. The molecule has 0 radical (unpaired) electrons. The SMILES string of the molecule is C1CCOC1.OCCn1cc(-c2cccc(Br)n2)cn1. The van der Waals surface area contributed by atoms with Gasteiger partial charge < -0.3 is 9.84 Å². The molecule has 1 N–H and O–H groups in total. The maximum absolute atomic E-state index is 8.76. The van der Waals surface area contributed by atoms with E-state index in [2.05, 4.69) is 26.0 Å². The fourth-order valence-corrected chi connectivity index (χ4v) is 2.14. The molecule has 0 unspecified atom stereocenters. The van der Waals surface area contributed by atoms with Crippen LogP contribution in [0.4, 0.5) is 0 Å². The molecule has 0 amide bonds. The van der Waals surface area contributed by atoms with E-state index in [1.807, 2.05) is 24.4 Å². The molecular formula is C14H18BrN3O2. The quantitative estimate of drug-likeness (QED) is 0.873. The molecule has 6 heteroatoms. The summed E-state index contributed by atoms with van der Waals surface area (Å²) < 4.78 is 7.44. The Morgan fingerprint density at radius 3 is 2.70 bits per heavy atom. The van der Waals surface area contributed by atoms with Gasteiger partial charge in [-0.15, -0.1) is 0 Å². The first-order chi connectivity index (χ1) is 9.79. The number of nitrogens with zero attached hydrogens (tertiary/aromatic N) is 3. The standard InChI is InChI=1S/C10H10BrN3O.C4H8O/c11-10-3-1-2-9(13-10)8-6-12-14(7-8)4-5-15;1-2-4-5-3-1/h1-3,6-7,15H,4-5H2;1-4H2. The second-order valence-corrected chi connectivity index (χ2v) is 5.19. The zero-order valence-corrected chi connectivity index (χ0v) is 12.8. The molecule has 0 bridgehead atoms. The van der Waals surface area contributed by atoms with E-state index in [4.69, 9.17) is 9.84 Å². The number of aliphatic hydroxyl groups excluding tert-OH is 1. The minimum atomic E-state index is 0.0903. The van der Waals surface area contributed by atoms with Crippen molar-refractivity contribution in [2.24, 2.45) is 0 Å². The van der Waals surface area contributed by atoms with Crippen molar-refractivity contribution >= 4 is 15.9 Å². The molecule has 0 atom stereocenters. The van der Waals surface area contributed by atoms with Crippen LogP contribution >= 0.6 is 15.9 Å². The molecule has 5 nitrogen and oxygen atoms in total. The Morgan fingerprint density at radius 2 is 2.10 bits per heavy atom. The molecule has 1 aliphatic rings. The molecule has 0 spiro atoms. The Morgan fingerprint density at radius 1 is 1.30 bits per heavy atom. The normalized spacial score (nSPS) is 13.9. The van der Waals surface area contributed by atoms with Gasteiger partial charge in [0.25, 0.3) is 0 Å². The lowest BCUT2D eigenvalue weighted by molar-refractivity contribution is 0.198. The molecule has 0 aromatic carbocycles. The van der Waals surface area contributed by atoms with E-state index in [-0.39, 0.29) is 6.61 Å². The average molecular weight is 340 g/mol. The average Bonchev–Trinajstić information content (AvgIpc) is 3.14. The van der Waals surface area contributed by atoms with Gasteiger partial charge in [-0.05, 0) is 40.9 Å². The van der Waals surface area contributed by atoms with Gasteiger partial charge in [0.05, 0.1) is 25.0 Å². The molecule has 2 aromatic heterocycles. The van der Waals surface area contributed by atoms with Crippen LogP contribution in [0, 0.1) is 0 Å². The molecule has 1 fully saturated rings. The third kappa shape index (κ3) is 4.70. The summed E-state index contributed by atoms with van der Waals surface area (Å²) in [5.41, 5.74) is 1.82. The predicted molar refractivity (Wildman–Crippen MR) is 80.3 cm³/mol. The van der Waals surface area contributed by atoms with Crippen LogP contribution in [0.25, 0.3) is 11.3 Å². The number of pyridine rings is 1. The van der Waals surface area contributed by atoms with E-state index < -0.39 is 0 Å². The summed E-state index contributed by atoms with van der Waals surface area (Å²) in [7, 11) is 0. The summed E-state index contributed by atoms with van der Waals surface area (Å²) in [4.78, 5) is 4.32. The smallest absolute Gasteiger partial charge is 0.106 e. The van der Waals surface area contributed by atoms with Crippen molar-refractivity contribution in [3.8, 4) is 11.3 Å². The number of ether oxygens (including phenoxy) is 1. The minimum Gasteiger partial charge on any atom is -0.394 e. The number of aromatic nitrogens is 3. The van der Waals surface area contributed by atoms with Crippen molar-refractivity contribution in [1.82, 2.24) is 14.8 Å². The van der Waals surface area contributed by atoms with Crippen molar-refractivity contribution in [3.63, 3.8) is 0 Å². The first-order valence-electron chi connectivity index (χ1n) is 6.63. The summed E-state index contributed by atoms with van der Waals surface area (Å²) in [5.74, 6) is 0. The van der Waals surface area contributed by atoms with Gasteiger partial charge in [0, 0.05) is 25.0 Å². The van der Waals surface area contributed by atoms with Gasteiger partial charge in [0.1, 0.15) is 4.60 Å². The van der Waals surface area contributed by atoms with Crippen LogP contribution in [0.5, 0.6) is 0 Å². The Bertz CT molecular complexity index is 519. The summed E-state index contributed by atoms with van der Waals surface area (Å²) in [5, 5.41) is 12.9. The van der Waals surface area contributed by atoms with Gasteiger partial charge >= 0.3 is 0 Å². The van der Waals surface area contributed by atoms with E-state index in [1.165, 1.54) is 12.8 Å². The third-order valence-electron chi connectivity index (χ3n) is 2.80. The zero-order chi connectivity index (χ0) is 14.2. The minimum absolute atomic E-state index is 0.0903. The monoisotopic (exact) mass is 339 g/mol. The second kappa shape index (κ2) is 8.14. The van der Waals surface area contributed by atoms with E-state index in [0.717, 1.165) is 29.1 Å². The second-order valence-electron chi connectivity index (χ2n) is 4.38. The lowest BCUT2D eigenvalue weighted by Crippen LogP contribution is -2.01. The summed E-state index contributed by atoms with van der Waals surface area (Å²) >= 11 is 3.32. The van der Waals surface area contributed by atoms with Crippen molar-refractivity contribution < 1.29 is 9.84 Å². The van der Waals surface area contributed by atoms with E-state index in [9.17, 15) is 0 Å². The van der Waals surface area contributed by atoms with Crippen LogP contribution in [-0.2, 0) is 11.3 Å². The molecule has 1 aliphatic heterocycles. The highest BCUT2D eigenvalue weighted by Gasteiger charge is 2.02. The Labute approximate surface area is 126 Å². The molecular weight excluding hydrogens is 322 g/mol. The molecule has 3 heterocycles. The van der Waals surface area contributed by atoms with Crippen molar-refractivity contribution in [3.05, 3.63) is 35.2 Å². The number of aliphatic hydroxyl groups is 1. The Balaban J connectivity index is 0.000000247. The Hall–Kier alpha value is -1.24. The molecule has 2 aromatic rings. The molecule has 20 heavy (non-hydrogen) atoms. The lowest BCUT2D eigenvalue weighted by Gasteiger charge is -1.97. The number of hydrogen-bond acceptors (Lipinski definition) is 4. The first-order valence-corrected chi connectivity index (χ1v) is 7.43. The highest BCUT2D eigenvalue weighted by atomic mass is 79.9. The largest absolute Gasteiger partial charge is 0.394 e. The van der Waals surface area contributed by atoms with Gasteiger partial charge in [0.2, 0.25) is 0 Å². The fourth-order valence-electron chi connectivity index (χ4n) is 1.80. The highest BCUT2D eigenvalue weighted by molar-refractivity contribution is 9.10. The number of rotatable bonds is 3. The van der Waals surface area contributed by atoms with Crippen LogP contribution in [0.1, 0.15) is 12.8 Å². The maximum Gasteiger partial charge on any atom is 0.106 e. The van der Waals surface area contributed by atoms with E-state index >= 15 is 0 Å². The van der Waals surface area contributed by atoms with Gasteiger partial charge in [-0.3, -0.25) is 4.68 Å². The molecule has 3 rings (SSSR count). The first kappa shape index (κ1) is 15.2. The Kier molecular flexibility index (Phi) is 6.17. The van der Waals surface area contributed by atoms with Crippen LogP contribution in [0.15, 0.2) is 35.2 Å². The zero-order valence-electron chi connectivity index (χ0n) is 11.2. The number of hydrogen-bond donors (Lipinski definition) is 1. The highest BCUT2D eigenvalue weighted by Crippen LogP contribution is 2.18. The van der Waals surface area contributed by atoms with Crippen LogP contribution in [-0.4, -0.2) is 39.7 Å². The van der Waals surface area contributed by atoms with Gasteiger partial charge in [0.15, 0.2) is 0 Å². The van der Waals surface area contributed by atoms with Crippen LogP contribution in [0.3, 0.4) is 0 Å². The fraction of sp³-hybridized carbons (Fsp3) is 0.429. The molecule has 0 saturated carbocycles. The summed E-state index contributed by atoms with van der Waals surface area (Å²) in [6, 6.07) is 5.72. The molecule has 0 aliphatic carbocycles. The maximum atomic E-state index is 8.76. The summed E-state index contributed by atoms with van der Waals surface area (Å²) in [6.07, 6.45) is 6.16. The van der Waals surface area contributed by atoms with Crippen molar-refractivity contribution in [2.45, 2.75) is 19.4 Å². The van der Waals surface area contributed by atoms with Crippen LogP contribution in [0.2, 0.25) is 0 Å². The van der Waals surface area contributed by atoms with Gasteiger partial charge in [-0.25, -0.2) is 4.98 Å².